The molecule has 0 bridgehead atoms. The molecule has 0 amide bonds. The molecule has 0 spiro atoms. The molecule has 3 rings (SSSR count). The lowest BCUT2D eigenvalue weighted by Gasteiger charge is -2.15. The fourth-order valence-corrected chi connectivity index (χ4v) is 3.31. The minimum Gasteiger partial charge on any atom is -0.487 e. The highest BCUT2D eigenvalue weighted by Crippen LogP contribution is 2.28. The molecule has 152 valence electrons. The van der Waals surface area contributed by atoms with E-state index in [0.29, 0.717) is 23.4 Å². The predicted molar refractivity (Wildman–Crippen MR) is 109 cm³/mol. The van der Waals surface area contributed by atoms with E-state index in [9.17, 15) is 17.6 Å². The van der Waals surface area contributed by atoms with E-state index in [1.165, 1.54) is 42.6 Å². The Bertz CT molecular complexity index is 1170. The predicted octanol–water partition coefficient (Wildman–Crippen LogP) is 3.48. The van der Waals surface area contributed by atoms with E-state index >= 15 is 0 Å². The zero-order chi connectivity index (χ0) is 21.2. The second-order valence-electron chi connectivity index (χ2n) is 7.08. The van der Waals surface area contributed by atoms with Gasteiger partial charge in [-0.3, -0.25) is 4.79 Å². The van der Waals surface area contributed by atoms with Crippen LogP contribution in [0, 0.1) is 11.7 Å². The average Bonchev–Trinajstić information content (AvgIpc) is 2.67. The van der Waals surface area contributed by atoms with Crippen LogP contribution in [0.4, 0.5) is 4.39 Å². The molecule has 1 aromatic heterocycles. The van der Waals surface area contributed by atoms with Gasteiger partial charge in [-0.05, 0) is 47.9 Å². The zero-order valence-corrected chi connectivity index (χ0v) is 17.1. The largest absolute Gasteiger partial charge is 0.487 e. The second kappa shape index (κ2) is 8.16. The summed E-state index contributed by atoms with van der Waals surface area (Å²) in [4.78, 5) is 13.3. The highest BCUT2D eigenvalue weighted by Gasteiger charge is 2.17. The Morgan fingerprint density at radius 3 is 2.24 bits per heavy atom. The van der Waals surface area contributed by atoms with Crippen molar-refractivity contribution in [3.05, 3.63) is 70.9 Å². The van der Waals surface area contributed by atoms with Crippen LogP contribution in [-0.4, -0.2) is 31.1 Å². The van der Waals surface area contributed by atoms with Crippen molar-refractivity contribution in [2.24, 2.45) is 5.92 Å². The van der Waals surface area contributed by atoms with Crippen LogP contribution in [0.5, 0.6) is 5.75 Å². The van der Waals surface area contributed by atoms with Gasteiger partial charge < -0.3 is 4.74 Å². The van der Waals surface area contributed by atoms with Crippen LogP contribution in [0.1, 0.15) is 13.8 Å². The number of rotatable bonds is 6. The van der Waals surface area contributed by atoms with Gasteiger partial charge in [0.05, 0.1) is 23.4 Å². The van der Waals surface area contributed by atoms with Gasteiger partial charge >= 0.3 is 5.56 Å². The number of aromatic nitrogens is 2. The van der Waals surface area contributed by atoms with Crippen LogP contribution < -0.4 is 10.3 Å². The van der Waals surface area contributed by atoms with Gasteiger partial charge in [0.15, 0.2) is 15.6 Å². The lowest BCUT2D eigenvalue weighted by Crippen LogP contribution is -2.24. The highest BCUT2D eigenvalue weighted by molar-refractivity contribution is 7.90. The van der Waals surface area contributed by atoms with E-state index in [-0.39, 0.29) is 16.6 Å². The summed E-state index contributed by atoms with van der Waals surface area (Å²) >= 11 is 0. The Labute approximate surface area is 168 Å². The molecule has 0 unspecified atom stereocenters. The summed E-state index contributed by atoms with van der Waals surface area (Å²) in [5, 5.41) is 4.20. The Kier molecular flexibility index (Phi) is 5.83. The third kappa shape index (κ3) is 4.71. The molecule has 3 aromatic rings. The maximum Gasteiger partial charge on any atom is 0.314 e. The second-order valence-corrected chi connectivity index (χ2v) is 9.10. The summed E-state index contributed by atoms with van der Waals surface area (Å²) in [6, 6.07) is 11.6. The van der Waals surface area contributed by atoms with Gasteiger partial charge in [0.1, 0.15) is 5.82 Å². The number of sulfone groups is 1. The van der Waals surface area contributed by atoms with Gasteiger partial charge in [0.25, 0.3) is 0 Å². The summed E-state index contributed by atoms with van der Waals surface area (Å²) < 4.78 is 43.5. The molecule has 0 fully saturated rings. The first-order valence-corrected chi connectivity index (χ1v) is 10.9. The molecule has 0 N–H and O–H groups in total. The standard InChI is InChI=1S/C21H21FN2O4S/c1-14(2)13-28-20-19(15-4-10-18(11-5-15)29(3,26)27)12-23-24(21(20)25)17-8-6-16(22)7-9-17/h4-12,14H,13H2,1-3H3. The van der Waals surface area contributed by atoms with Crippen molar-refractivity contribution < 1.29 is 17.5 Å². The normalized spacial score (nSPS) is 11.6. The summed E-state index contributed by atoms with van der Waals surface area (Å²) in [5.74, 6) is -0.131. The molecule has 6 nitrogen and oxygen atoms in total. The Balaban J connectivity index is 2.12. The molecule has 0 radical (unpaired) electrons. The van der Waals surface area contributed by atoms with Crippen LogP contribution in [0.3, 0.4) is 0 Å². The summed E-state index contributed by atoms with van der Waals surface area (Å²) in [6.45, 7) is 4.23. The van der Waals surface area contributed by atoms with Gasteiger partial charge in [0.2, 0.25) is 0 Å². The fourth-order valence-electron chi connectivity index (χ4n) is 2.68. The molecule has 0 aliphatic carbocycles. The minimum atomic E-state index is -3.33. The van der Waals surface area contributed by atoms with Crippen molar-refractivity contribution >= 4 is 9.84 Å². The van der Waals surface area contributed by atoms with Crippen LogP contribution in [0.25, 0.3) is 16.8 Å². The lowest BCUT2D eigenvalue weighted by molar-refractivity contribution is 0.267. The van der Waals surface area contributed by atoms with Gasteiger partial charge in [0, 0.05) is 11.8 Å². The van der Waals surface area contributed by atoms with Crippen molar-refractivity contribution in [3.63, 3.8) is 0 Å². The van der Waals surface area contributed by atoms with E-state index in [2.05, 4.69) is 5.10 Å². The number of nitrogens with zero attached hydrogens (tertiary/aromatic N) is 2. The quantitative estimate of drug-likeness (QED) is 0.615. The Morgan fingerprint density at radius 1 is 1.07 bits per heavy atom. The van der Waals surface area contributed by atoms with E-state index in [0.717, 1.165) is 10.9 Å². The van der Waals surface area contributed by atoms with E-state index in [1.54, 1.807) is 12.1 Å². The van der Waals surface area contributed by atoms with Crippen molar-refractivity contribution in [1.29, 1.82) is 0 Å². The monoisotopic (exact) mass is 416 g/mol. The third-order valence-corrected chi connectivity index (χ3v) is 5.29. The SMILES string of the molecule is CC(C)COc1c(-c2ccc(S(C)(=O)=O)cc2)cnn(-c2ccc(F)cc2)c1=O. The van der Waals surface area contributed by atoms with Crippen LogP contribution in [0.2, 0.25) is 0 Å². The highest BCUT2D eigenvalue weighted by atomic mass is 32.2. The number of benzene rings is 2. The minimum absolute atomic E-state index is 0.102. The maximum absolute atomic E-state index is 13.2. The lowest BCUT2D eigenvalue weighted by atomic mass is 10.1. The summed E-state index contributed by atoms with van der Waals surface area (Å²) in [6.07, 6.45) is 2.61. The Morgan fingerprint density at radius 2 is 1.69 bits per heavy atom. The number of hydrogen-bond acceptors (Lipinski definition) is 5. The molecule has 29 heavy (non-hydrogen) atoms. The molecule has 0 saturated carbocycles. The molecule has 0 aliphatic heterocycles. The molecule has 0 saturated heterocycles. The average molecular weight is 416 g/mol. The van der Waals surface area contributed by atoms with Crippen LogP contribution in [0.15, 0.2) is 64.4 Å². The first-order valence-electron chi connectivity index (χ1n) is 8.98. The van der Waals surface area contributed by atoms with E-state index in [1.807, 2.05) is 13.8 Å². The topological polar surface area (TPSA) is 78.3 Å². The molecule has 0 atom stereocenters. The number of hydrogen-bond donors (Lipinski definition) is 0. The molecule has 0 aliphatic rings. The smallest absolute Gasteiger partial charge is 0.314 e. The maximum atomic E-state index is 13.2. The molecule has 2 aromatic carbocycles. The van der Waals surface area contributed by atoms with Gasteiger partial charge in [-0.15, -0.1) is 0 Å². The molecule has 8 heteroatoms. The van der Waals surface area contributed by atoms with Crippen LogP contribution >= 0.6 is 0 Å². The van der Waals surface area contributed by atoms with Crippen LogP contribution in [-0.2, 0) is 9.84 Å². The van der Waals surface area contributed by atoms with Gasteiger partial charge in [-0.1, -0.05) is 26.0 Å². The molecular formula is C21H21FN2O4S. The molecular weight excluding hydrogens is 395 g/mol. The number of halogens is 1. The first-order chi connectivity index (χ1) is 13.7. The van der Waals surface area contributed by atoms with E-state index in [4.69, 9.17) is 4.74 Å². The zero-order valence-electron chi connectivity index (χ0n) is 16.3. The third-order valence-electron chi connectivity index (χ3n) is 4.16. The first kappa shape index (κ1) is 20.7. The van der Waals surface area contributed by atoms with Crippen molar-refractivity contribution in [2.45, 2.75) is 18.7 Å². The fraction of sp³-hybridized carbons (Fsp3) is 0.238. The van der Waals surface area contributed by atoms with Crippen molar-refractivity contribution in [1.82, 2.24) is 9.78 Å². The summed E-state index contributed by atoms with van der Waals surface area (Å²) in [5.41, 5.74) is 0.979. The van der Waals surface area contributed by atoms with Crippen molar-refractivity contribution in [3.8, 4) is 22.6 Å². The number of ether oxygens (including phenoxy) is 1. The summed E-state index contributed by atoms with van der Waals surface area (Å²) in [7, 11) is -3.33. The van der Waals surface area contributed by atoms with Gasteiger partial charge in [-0.2, -0.15) is 9.78 Å². The molecule has 1 heterocycles. The Hall–Kier alpha value is -3.00. The van der Waals surface area contributed by atoms with E-state index < -0.39 is 21.2 Å². The van der Waals surface area contributed by atoms with Crippen molar-refractivity contribution in [2.75, 3.05) is 12.9 Å². The van der Waals surface area contributed by atoms with Gasteiger partial charge in [-0.25, -0.2) is 12.8 Å².